The minimum atomic E-state index is -0.621. The molecule has 4 rings (SSSR count). The number of para-hydroxylation sites is 2. The van der Waals surface area contributed by atoms with E-state index in [0.717, 1.165) is 11.3 Å². The number of aryl methyl sites for hydroxylation is 2. The number of piperazine rings is 1. The van der Waals surface area contributed by atoms with Crippen molar-refractivity contribution in [2.24, 2.45) is 0 Å². The topological polar surface area (TPSA) is 67.5 Å². The van der Waals surface area contributed by atoms with Gasteiger partial charge in [0, 0.05) is 56.4 Å². The second kappa shape index (κ2) is 9.67. The summed E-state index contributed by atoms with van der Waals surface area (Å²) in [6.45, 7) is 8.77. The Hall–Kier alpha value is -3.32. The molecule has 8 heteroatoms. The Balaban J connectivity index is 1.47. The number of benzene rings is 2. The summed E-state index contributed by atoms with van der Waals surface area (Å²) in [7, 11) is 0. The first-order valence-corrected chi connectivity index (χ1v) is 11.4. The van der Waals surface area contributed by atoms with E-state index in [0.29, 0.717) is 42.2 Å². The molecular formula is C25H27ClN4O3. The van der Waals surface area contributed by atoms with E-state index in [-0.39, 0.29) is 25.4 Å². The highest BCUT2D eigenvalue weighted by molar-refractivity contribution is 6.30. The Kier molecular flexibility index (Phi) is 6.70. The number of carbonyl (C=O) groups excluding carboxylic acids is 1. The van der Waals surface area contributed by atoms with E-state index < -0.39 is 11.1 Å². The summed E-state index contributed by atoms with van der Waals surface area (Å²) < 4.78 is 2.83. The minimum absolute atomic E-state index is 0.0243. The smallest absolute Gasteiger partial charge is 0.317 e. The van der Waals surface area contributed by atoms with Crippen molar-refractivity contribution in [2.75, 3.05) is 31.1 Å². The van der Waals surface area contributed by atoms with E-state index in [1.54, 1.807) is 18.2 Å². The lowest BCUT2D eigenvalue weighted by molar-refractivity contribution is -0.131. The van der Waals surface area contributed by atoms with Gasteiger partial charge in [-0.05, 0) is 36.8 Å². The average Bonchev–Trinajstić information content (AvgIpc) is 2.83. The second-order valence-corrected chi connectivity index (χ2v) is 8.64. The van der Waals surface area contributed by atoms with Crippen molar-refractivity contribution in [3.63, 3.8) is 0 Å². The number of nitrogens with zero attached hydrogens (tertiary/aromatic N) is 4. The fourth-order valence-electron chi connectivity index (χ4n) is 4.39. The number of carbonyl (C=O) groups is 1. The van der Waals surface area contributed by atoms with Crippen LogP contribution in [0.15, 0.2) is 64.7 Å². The molecule has 7 nitrogen and oxygen atoms in total. The molecule has 0 aliphatic carbocycles. The van der Waals surface area contributed by atoms with Crippen molar-refractivity contribution in [1.29, 1.82) is 0 Å². The SMILES string of the molecule is C=CCn1c(=O)c(=O)n(CCC(=O)N2CCN(c3cc(Cl)ccc3C)CC2)c2ccccc21. The summed E-state index contributed by atoms with van der Waals surface area (Å²) in [5.74, 6) is -0.0243. The molecule has 3 aromatic rings. The lowest BCUT2D eigenvalue weighted by Gasteiger charge is -2.37. The normalized spacial score (nSPS) is 14.0. The molecule has 1 fully saturated rings. The van der Waals surface area contributed by atoms with Crippen molar-refractivity contribution < 1.29 is 4.79 Å². The van der Waals surface area contributed by atoms with Gasteiger partial charge >= 0.3 is 11.1 Å². The molecule has 2 heterocycles. The molecule has 1 aliphatic heterocycles. The van der Waals surface area contributed by atoms with Gasteiger partial charge in [0.15, 0.2) is 0 Å². The third-order valence-corrected chi connectivity index (χ3v) is 6.38. The molecule has 1 saturated heterocycles. The van der Waals surface area contributed by atoms with Gasteiger partial charge in [-0.1, -0.05) is 35.9 Å². The largest absolute Gasteiger partial charge is 0.368 e. The van der Waals surface area contributed by atoms with Crippen LogP contribution in [0.25, 0.3) is 11.0 Å². The monoisotopic (exact) mass is 466 g/mol. The van der Waals surface area contributed by atoms with Crippen molar-refractivity contribution >= 4 is 34.2 Å². The second-order valence-electron chi connectivity index (χ2n) is 8.20. The Morgan fingerprint density at radius 1 is 1.00 bits per heavy atom. The van der Waals surface area contributed by atoms with Crippen LogP contribution in [0.2, 0.25) is 5.02 Å². The van der Waals surface area contributed by atoms with Crippen LogP contribution in [0.1, 0.15) is 12.0 Å². The Morgan fingerprint density at radius 3 is 2.30 bits per heavy atom. The van der Waals surface area contributed by atoms with Crippen LogP contribution in [-0.2, 0) is 17.9 Å². The van der Waals surface area contributed by atoms with E-state index in [4.69, 9.17) is 11.6 Å². The summed E-state index contributed by atoms with van der Waals surface area (Å²) in [6, 6.07) is 13.1. The number of hydrogen-bond acceptors (Lipinski definition) is 4. The van der Waals surface area contributed by atoms with Gasteiger partial charge in [0.2, 0.25) is 5.91 Å². The van der Waals surface area contributed by atoms with Crippen molar-refractivity contribution in [3.05, 3.63) is 86.4 Å². The third-order valence-electron chi connectivity index (χ3n) is 6.14. The van der Waals surface area contributed by atoms with E-state index in [2.05, 4.69) is 11.5 Å². The zero-order valence-electron chi connectivity index (χ0n) is 18.7. The van der Waals surface area contributed by atoms with E-state index in [1.165, 1.54) is 9.13 Å². The Bertz CT molecular complexity index is 1320. The summed E-state index contributed by atoms with van der Waals surface area (Å²) >= 11 is 6.16. The molecule has 0 atom stereocenters. The van der Waals surface area contributed by atoms with Crippen molar-refractivity contribution in [2.45, 2.75) is 26.4 Å². The molecule has 33 heavy (non-hydrogen) atoms. The lowest BCUT2D eigenvalue weighted by Crippen LogP contribution is -2.49. The van der Waals surface area contributed by atoms with E-state index in [1.807, 2.05) is 42.2 Å². The van der Waals surface area contributed by atoms with Crippen LogP contribution in [0.5, 0.6) is 0 Å². The maximum absolute atomic E-state index is 12.9. The molecule has 0 N–H and O–H groups in total. The summed E-state index contributed by atoms with van der Waals surface area (Å²) in [5.41, 5.74) is 2.30. The molecule has 1 aliphatic rings. The summed E-state index contributed by atoms with van der Waals surface area (Å²) in [4.78, 5) is 42.4. The molecular weight excluding hydrogens is 440 g/mol. The molecule has 2 aromatic carbocycles. The highest BCUT2D eigenvalue weighted by atomic mass is 35.5. The van der Waals surface area contributed by atoms with Crippen LogP contribution in [0, 0.1) is 6.92 Å². The number of halogens is 1. The number of amides is 1. The number of aromatic nitrogens is 2. The number of fused-ring (bicyclic) bond motifs is 1. The average molecular weight is 467 g/mol. The summed E-state index contributed by atoms with van der Waals surface area (Å²) in [6.07, 6.45) is 1.75. The Morgan fingerprint density at radius 2 is 1.64 bits per heavy atom. The number of allylic oxidation sites excluding steroid dienone is 1. The zero-order valence-corrected chi connectivity index (χ0v) is 19.4. The third kappa shape index (κ3) is 4.59. The van der Waals surface area contributed by atoms with Gasteiger partial charge in [-0.2, -0.15) is 0 Å². The van der Waals surface area contributed by atoms with Gasteiger partial charge in [-0.15, -0.1) is 6.58 Å². The lowest BCUT2D eigenvalue weighted by atomic mass is 10.1. The Labute approximate surface area is 197 Å². The number of rotatable bonds is 6. The maximum atomic E-state index is 12.9. The first-order valence-electron chi connectivity index (χ1n) is 11.0. The van der Waals surface area contributed by atoms with Crippen molar-refractivity contribution in [1.82, 2.24) is 14.0 Å². The van der Waals surface area contributed by atoms with E-state index in [9.17, 15) is 14.4 Å². The van der Waals surface area contributed by atoms with Gasteiger partial charge in [0.05, 0.1) is 11.0 Å². The van der Waals surface area contributed by atoms with Gasteiger partial charge in [0.1, 0.15) is 0 Å². The number of hydrogen-bond donors (Lipinski definition) is 0. The number of anilines is 1. The predicted molar refractivity (Wildman–Crippen MR) is 132 cm³/mol. The van der Waals surface area contributed by atoms with E-state index >= 15 is 0 Å². The molecule has 0 bridgehead atoms. The highest BCUT2D eigenvalue weighted by Gasteiger charge is 2.23. The highest BCUT2D eigenvalue weighted by Crippen LogP contribution is 2.25. The van der Waals surface area contributed by atoms with Crippen LogP contribution < -0.4 is 16.0 Å². The van der Waals surface area contributed by atoms with Gasteiger partial charge in [0.25, 0.3) is 0 Å². The standard InChI is InChI=1S/C25H27ClN4O3/c1-3-11-29-20-6-4-5-7-21(20)30(25(33)24(29)32)12-10-23(31)28-15-13-27(14-16-28)22-17-19(26)9-8-18(22)2/h3-9,17H,1,10-16H2,2H3. The van der Waals surface area contributed by atoms with Gasteiger partial charge in [-0.3, -0.25) is 19.0 Å². The quantitative estimate of drug-likeness (QED) is 0.413. The first-order chi connectivity index (χ1) is 15.9. The first kappa shape index (κ1) is 22.9. The van der Waals surface area contributed by atoms with Gasteiger partial charge in [-0.25, -0.2) is 0 Å². The molecule has 1 aromatic heterocycles. The fourth-order valence-corrected chi connectivity index (χ4v) is 4.55. The maximum Gasteiger partial charge on any atom is 0.317 e. The zero-order chi connectivity index (χ0) is 23.5. The predicted octanol–water partition coefficient (Wildman–Crippen LogP) is 3.05. The minimum Gasteiger partial charge on any atom is -0.368 e. The van der Waals surface area contributed by atoms with Gasteiger partial charge < -0.3 is 14.4 Å². The molecule has 0 unspecified atom stereocenters. The fraction of sp³-hybridized carbons (Fsp3) is 0.320. The molecule has 0 radical (unpaired) electrons. The molecule has 0 saturated carbocycles. The molecule has 0 spiro atoms. The van der Waals surface area contributed by atoms with Crippen molar-refractivity contribution in [3.8, 4) is 0 Å². The van der Waals surface area contributed by atoms with Crippen LogP contribution in [0.4, 0.5) is 5.69 Å². The molecule has 172 valence electrons. The van der Waals surface area contributed by atoms with Crippen LogP contribution >= 0.6 is 11.6 Å². The van der Waals surface area contributed by atoms with Crippen LogP contribution in [0.3, 0.4) is 0 Å². The summed E-state index contributed by atoms with van der Waals surface area (Å²) in [5, 5.41) is 0.696. The van der Waals surface area contributed by atoms with Crippen LogP contribution in [-0.4, -0.2) is 46.1 Å². The molecule has 1 amide bonds.